The fraction of sp³-hybridized carbons (Fsp3) is 0.400. The molecule has 0 aliphatic carbocycles. The van der Waals surface area contributed by atoms with E-state index in [1.54, 1.807) is 12.1 Å². The van der Waals surface area contributed by atoms with Crippen LogP contribution in [0.25, 0.3) is 0 Å². The van der Waals surface area contributed by atoms with Crippen molar-refractivity contribution in [2.75, 3.05) is 32.1 Å². The van der Waals surface area contributed by atoms with Gasteiger partial charge in [0.1, 0.15) is 5.75 Å². The van der Waals surface area contributed by atoms with Gasteiger partial charge >= 0.3 is 0 Å². The van der Waals surface area contributed by atoms with E-state index in [-0.39, 0.29) is 44.4 Å². The van der Waals surface area contributed by atoms with Crippen LogP contribution in [0.5, 0.6) is 5.75 Å². The number of ether oxygens (including phenoxy) is 1. The second-order valence-corrected chi connectivity index (χ2v) is 5.34. The molecule has 1 aromatic carbocycles. The average Bonchev–Trinajstić information content (AvgIpc) is 2.55. The van der Waals surface area contributed by atoms with Crippen molar-refractivity contribution < 1.29 is 19.1 Å². The van der Waals surface area contributed by atoms with Gasteiger partial charge in [-0.1, -0.05) is 11.6 Å². The van der Waals surface area contributed by atoms with Crippen molar-refractivity contribution >= 4 is 47.4 Å². The van der Waals surface area contributed by atoms with E-state index in [1.807, 2.05) is 6.92 Å². The van der Waals surface area contributed by atoms with E-state index in [0.717, 1.165) is 5.56 Å². The molecule has 1 aromatic rings. The molecule has 0 spiro atoms. The Labute approximate surface area is 157 Å². The summed E-state index contributed by atoms with van der Waals surface area (Å²) in [7, 11) is 1.48. The molecule has 0 aliphatic heterocycles. The maximum Gasteiger partial charge on any atom is 0.239 e. The molecule has 0 heterocycles. The van der Waals surface area contributed by atoms with E-state index in [2.05, 4.69) is 16.0 Å². The quantitative estimate of drug-likeness (QED) is 0.515. The van der Waals surface area contributed by atoms with Gasteiger partial charge in [-0.25, -0.2) is 0 Å². The number of rotatable bonds is 8. The monoisotopic (exact) mass is 392 g/mol. The Balaban J connectivity index is 0.00000576. The number of amides is 3. The summed E-state index contributed by atoms with van der Waals surface area (Å²) in [5.74, 6) is -0.661. The fourth-order valence-electron chi connectivity index (χ4n) is 1.77. The summed E-state index contributed by atoms with van der Waals surface area (Å²) in [5, 5.41) is 8.09. The SMILES string of the molecule is COc1cc(Cl)c(C)cc1NC(=O)CCNC(=O)CNC(=O)CN.Cl. The van der Waals surface area contributed by atoms with E-state index < -0.39 is 11.8 Å². The molecule has 3 amide bonds. The minimum absolute atomic E-state index is 0. The van der Waals surface area contributed by atoms with E-state index in [1.165, 1.54) is 7.11 Å². The summed E-state index contributed by atoms with van der Waals surface area (Å²) in [4.78, 5) is 34.3. The molecular formula is C15H22Cl2N4O4. The van der Waals surface area contributed by atoms with Crippen LogP contribution in [0.15, 0.2) is 12.1 Å². The van der Waals surface area contributed by atoms with Gasteiger partial charge in [0, 0.05) is 24.1 Å². The molecule has 0 fully saturated rings. The normalized spacial score (nSPS) is 9.60. The lowest BCUT2D eigenvalue weighted by Gasteiger charge is -2.12. The van der Waals surface area contributed by atoms with Gasteiger partial charge in [-0.05, 0) is 18.6 Å². The molecule has 0 saturated heterocycles. The van der Waals surface area contributed by atoms with Crippen molar-refractivity contribution in [3.05, 3.63) is 22.7 Å². The lowest BCUT2D eigenvalue weighted by molar-refractivity contribution is -0.125. The number of methoxy groups -OCH3 is 1. The van der Waals surface area contributed by atoms with Crippen LogP contribution in [0.3, 0.4) is 0 Å². The average molecular weight is 393 g/mol. The predicted molar refractivity (Wildman–Crippen MR) is 98.3 cm³/mol. The molecule has 0 unspecified atom stereocenters. The molecule has 0 atom stereocenters. The Morgan fingerprint density at radius 1 is 1.16 bits per heavy atom. The highest BCUT2D eigenvalue weighted by molar-refractivity contribution is 6.31. The lowest BCUT2D eigenvalue weighted by atomic mass is 10.2. The molecule has 5 N–H and O–H groups in total. The molecule has 1 rings (SSSR count). The molecule has 0 aromatic heterocycles. The first kappa shape index (κ1) is 23.0. The fourth-order valence-corrected chi connectivity index (χ4v) is 1.93. The van der Waals surface area contributed by atoms with E-state index in [4.69, 9.17) is 22.1 Å². The summed E-state index contributed by atoms with van der Waals surface area (Å²) in [5.41, 5.74) is 6.41. The number of nitrogens with one attached hydrogen (secondary N) is 3. The van der Waals surface area contributed by atoms with Gasteiger partial charge in [-0.3, -0.25) is 14.4 Å². The summed E-state index contributed by atoms with van der Waals surface area (Å²) < 4.78 is 5.17. The summed E-state index contributed by atoms with van der Waals surface area (Å²) in [6.07, 6.45) is 0.0708. The highest BCUT2D eigenvalue weighted by atomic mass is 35.5. The van der Waals surface area contributed by atoms with Crippen LogP contribution in [0.4, 0.5) is 5.69 Å². The van der Waals surface area contributed by atoms with Crippen LogP contribution in [-0.2, 0) is 14.4 Å². The zero-order valence-electron chi connectivity index (χ0n) is 14.0. The van der Waals surface area contributed by atoms with Crippen LogP contribution in [0.1, 0.15) is 12.0 Å². The number of carbonyl (C=O) groups is 3. The molecule has 0 aliphatic rings. The minimum Gasteiger partial charge on any atom is -0.495 e. The Hall–Kier alpha value is -2.03. The van der Waals surface area contributed by atoms with Gasteiger partial charge in [0.05, 0.1) is 25.9 Å². The van der Waals surface area contributed by atoms with Crippen LogP contribution in [0, 0.1) is 6.92 Å². The number of nitrogens with two attached hydrogens (primary N) is 1. The van der Waals surface area contributed by atoms with Gasteiger partial charge < -0.3 is 26.4 Å². The third-order valence-electron chi connectivity index (χ3n) is 3.06. The molecule has 140 valence electrons. The van der Waals surface area contributed by atoms with Gasteiger partial charge in [0.15, 0.2) is 0 Å². The Morgan fingerprint density at radius 2 is 1.84 bits per heavy atom. The first-order valence-electron chi connectivity index (χ1n) is 7.24. The summed E-state index contributed by atoms with van der Waals surface area (Å²) in [6, 6.07) is 3.33. The van der Waals surface area contributed by atoms with Crippen LogP contribution in [0.2, 0.25) is 5.02 Å². The van der Waals surface area contributed by atoms with Crippen molar-refractivity contribution in [1.82, 2.24) is 10.6 Å². The van der Waals surface area contributed by atoms with E-state index in [9.17, 15) is 14.4 Å². The lowest BCUT2D eigenvalue weighted by Crippen LogP contribution is -2.40. The Kier molecular flexibility index (Phi) is 10.6. The molecule has 0 radical (unpaired) electrons. The number of hydrogen-bond donors (Lipinski definition) is 4. The zero-order valence-corrected chi connectivity index (χ0v) is 15.6. The Bertz CT molecular complexity index is 626. The first-order chi connectivity index (χ1) is 11.4. The van der Waals surface area contributed by atoms with Gasteiger partial charge in [-0.15, -0.1) is 12.4 Å². The third-order valence-corrected chi connectivity index (χ3v) is 3.47. The minimum atomic E-state index is -0.423. The molecule has 0 saturated carbocycles. The molecule has 25 heavy (non-hydrogen) atoms. The summed E-state index contributed by atoms with van der Waals surface area (Å²) in [6.45, 7) is 1.59. The topological polar surface area (TPSA) is 123 Å². The van der Waals surface area contributed by atoms with Crippen molar-refractivity contribution in [2.45, 2.75) is 13.3 Å². The largest absolute Gasteiger partial charge is 0.495 e. The van der Waals surface area contributed by atoms with Crippen molar-refractivity contribution in [3.63, 3.8) is 0 Å². The standard InChI is InChI=1S/C15H21ClN4O4.ClH/c1-9-5-11(12(24-2)6-10(9)16)20-13(21)3-4-18-15(23)8-19-14(22)7-17;/h5-6H,3-4,7-8,17H2,1-2H3,(H,18,23)(H,19,22)(H,20,21);1H. The van der Waals surface area contributed by atoms with Crippen LogP contribution >= 0.6 is 24.0 Å². The zero-order chi connectivity index (χ0) is 18.1. The van der Waals surface area contributed by atoms with Crippen molar-refractivity contribution in [1.29, 1.82) is 0 Å². The third kappa shape index (κ3) is 8.06. The molecular weight excluding hydrogens is 371 g/mol. The highest BCUT2D eigenvalue weighted by Gasteiger charge is 2.11. The molecule has 0 bridgehead atoms. The van der Waals surface area contributed by atoms with Crippen molar-refractivity contribution in [3.8, 4) is 5.75 Å². The Morgan fingerprint density at radius 3 is 2.44 bits per heavy atom. The highest BCUT2D eigenvalue weighted by Crippen LogP contribution is 2.30. The van der Waals surface area contributed by atoms with Crippen LogP contribution < -0.4 is 26.4 Å². The first-order valence-corrected chi connectivity index (χ1v) is 7.62. The number of benzene rings is 1. The number of carbonyl (C=O) groups excluding carboxylic acids is 3. The predicted octanol–water partition coefficient (Wildman–Crippen LogP) is 0.599. The summed E-state index contributed by atoms with van der Waals surface area (Å²) >= 11 is 6.00. The number of halogens is 2. The van der Waals surface area contributed by atoms with E-state index in [0.29, 0.717) is 16.5 Å². The smallest absolute Gasteiger partial charge is 0.239 e. The second-order valence-electron chi connectivity index (χ2n) is 4.93. The maximum absolute atomic E-state index is 11.9. The number of aryl methyl sites for hydroxylation is 1. The van der Waals surface area contributed by atoms with E-state index >= 15 is 0 Å². The molecule has 10 heteroatoms. The van der Waals surface area contributed by atoms with Crippen LogP contribution in [-0.4, -0.2) is 44.5 Å². The van der Waals surface area contributed by atoms with Crippen molar-refractivity contribution in [2.24, 2.45) is 5.73 Å². The van der Waals surface area contributed by atoms with Gasteiger partial charge in [0.25, 0.3) is 0 Å². The maximum atomic E-state index is 11.9. The van der Waals surface area contributed by atoms with Gasteiger partial charge in [0.2, 0.25) is 17.7 Å². The molecule has 8 nitrogen and oxygen atoms in total. The number of hydrogen-bond acceptors (Lipinski definition) is 5. The second kappa shape index (κ2) is 11.5. The van der Waals surface area contributed by atoms with Gasteiger partial charge in [-0.2, -0.15) is 0 Å². The number of anilines is 1.